The first-order chi connectivity index (χ1) is 14.0. The lowest BCUT2D eigenvalue weighted by atomic mass is 10.2. The van der Waals surface area contributed by atoms with Crippen LogP contribution in [0.5, 0.6) is 17.5 Å². The molecule has 0 spiro atoms. The summed E-state index contributed by atoms with van der Waals surface area (Å²) >= 11 is 0. The standard InChI is InChI=1S/C21H19N5O3/c1-13-4-7-16(8-5-13)29-18-10-6-15(12-22-18)24-21(27)20-14(2)23-17-9-11-19(28-3)25-26(17)20/h4-12H,1-3H3,(H,24,27). The molecular weight excluding hydrogens is 370 g/mol. The zero-order valence-electron chi connectivity index (χ0n) is 16.2. The Hall–Kier alpha value is -3.94. The van der Waals surface area contributed by atoms with Gasteiger partial charge in [-0.05, 0) is 38.1 Å². The molecule has 8 nitrogen and oxygen atoms in total. The molecule has 4 aromatic rings. The lowest BCUT2D eigenvalue weighted by molar-refractivity contribution is 0.101. The van der Waals surface area contributed by atoms with Gasteiger partial charge in [0.05, 0.1) is 24.7 Å². The third-order valence-corrected chi connectivity index (χ3v) is 4.29. The first-order valence-corrected chi connectivity index (χ1v) is 8.96. The number of aromatic nitrogens is 4. The number of amides is 1. The Labute approximate surface area is 167 Å². The van der Waals surface area contributed by atoms with Crippen molar-refractivity contribution in [1.29, 1.82) is 0 Å². The molecule has 0 saturated heterocycles. The minimum absolute atomic E-state index is 0.332. The third-order valence-electron chi connectivity index (χ3n) is 4.29. The van der Waals surface area contributed by atoms with Crippen LogP contribution < -0.4 is 14.8 Å². The van der Waals surface area contributed by atoms with Crippen LogP contribution in [-0.4, -0.2) is 32.6 Å². The summed E-state index contributed by atoms with van der Waals surface area (Å²) in [7, 11) is 1.52. The largest absolute Gasteiger partial charge is 0.480 e. The average Bonchev–Trinajstić information content (AvgIpc) is 3.06. The summed E-state index contributed by atoms with van der Waals surface area (Å²) < 4.78 is 12.3. The molecule has 0 fully saturated rings. The van der Waals surface area contributed by atoms with E-state index in [1.54, 1.807) is 31.2 Å². The highest BCUT2D eigenvalue weighted by Crippen LogP contribution is 2.21. The van der Waals surface area contributed by atoms with Crippen LogP contribution >= 0.6 is 0 Å². The number of imidazole rings is 1. The van der Waals surface area contributed by atoms with E-state index in [0.29, 0.717) is 40.2 Å². The van der Waals surface area contributed by atoms with Crippen LogP contribution in [-0.2, 0) is 0 Å². The molecule has 8 heteroatoms. The van der Waals surface area contributed by atoms with Gasteiger partial charge >= 0.3 is 0 Å². The van der Waals surface area contributed by atoms with E-state index in [-0.39, 0.29) is 5.91 Å². The van der Waals surface area contributed by atoms with Gasteiger partial charge in [0, 0.05) is 12.1 Å². The number of hydrogen-bond donors (Lipinski definition) is 1. The molecule has 1 amide bonds. The number of methoxy groups -OCH3 is 1. The van der Waals surface area contributed by atoms with Crippen LogP contribution in [0.1, 0.15) is 21.7 Å². The summed E-state index contributed by atoms with van der Waals surface area (Å²) in [4.78, 5) is 21.4. The first-order valence-electron chi connectivity index (χ1n) is 8.96. The molecule has 0 aliphatic heterocycles. The second-order valence-electron chi connectivity index (χ2n) is 6.45. The number of ether oxygens (including phenoxy) is 2. The van der Waals surface area contributed by atoms with Crippen LogP contribution in [0.15, 0.2) is 54.7 Å². The number of pyridine rings is 1. The highest BCUT2D eigenvalue weighted by Gasteiger charge is 2.18. The summed E-state index contributed by atoms with van der Waals surface area (Å²) in [5.41, 5.74) is 3.14. The van der Waals surface area contributed by atoms with E-state index in [9.17, 15) is 4.79 Å². The van der Waals surface area contributed by atoms with Gasteiger partial charge < -0.3 is 14.8 Å². The fourth-order valence-electron chi connectivity index (χ4n) is 2.83. The second kappa shape index (κ2) is 7.59. The van der Waals surface area contributed by atoms with Crippen LogP contribution in [0, 0.1) is 13.8 Å². The van der Waals surface area contributed by atoms with Crippen molar-refractivity contribution in [3.63, 3.8) is 0 Å². The smallest absolute Gasteiger partial charge is 0.276 e. The number of aryl methyl sites for hydroxylation is 2. The minimum Gasteiger partial charge on any atom is -0.480 e. The van der Waals surface area contributed by atoms with Crippen LogP contribution in [0.4, 0.5) is 5.69 Å². The molecule has 1 aromatic carbocycles. The quantitative estimate of drug-likeness (QED) is 0.558. The van der Waals surface area contributed by atoms with Gasteiger partial charge in [0.2, 0.25) is 11.8 Å². The monoisotopic (exact) mass is 389 g/mol. The second-order valence-corrected chi connectivity index (χ2v) is 6.45. The third kappa shape index (κ3) is 3.86. The summed E-state index contributed by atoms with van der Waals surface area (Å²) in [6, 6.07) is 14.5. The zero-order chi connectivity index (χ0) is 20.4. The Morgan fingerprint density at radius 3 is 2.45 bits per heavy atom. The van der Waals surface area contributed by atoms with Gasteiger partial charge in [-0.1, -0.05) is 17.7 Å². The molecule has 0 bridgehead atoms. The van der Waals surface area contributed by atoms with Gasteiger partial charge in [-0.3, -0.25) is 4.79 Å². The van der Waals surface area contributed by atoms with Crippen molar-refractivity contribution < 1.29 is 14.3 Å². The van der Waals surface area contributed by atoms with Crippen molar-refractivity contribution in [2.45, 2.75) is 13.8 Å². The first kappa shape index (κ1) is 18.4. The molecule has 1 N–H and O–H groups in total. The number of nitrogens with one attached hydrogen (secondary N) is 1. The fraction of sp³-hybridized carbons (Fsp3) is 0.143. The van der Waals surface area contributed by atoms with Crippen molar-refractivity contribution in [3.8, 4) is 17.5 Å². The number of carbonyl (C=O) groups is 1. The molecule has 29 heavy (non-hydrogen) atoms. The maximum absolute atomic E-state index is 12.8. The molecule has 3 aromatic heterocycles. The molecule has 0 saturated carbocycles. The summed E-state index contributed by atoms with van der Waals surface area (Å²) in [5.74, 6) is 1.18. The van der Waals surface area contributed by atoms with Crippen molar-refractivity contribution in [2.24, 2.45) is 0 Å². The van der Waals surface area contributed by atoms with Gasteiger partial charge in [0.1, 0.15) is 5.75 Å². The molecule has 0 aliphatic carbocycles. The lowest BCUT2D eigenvalue weighted by Gasteiger charge is -2.08. The Morgan fingerprint density at radius 2 is 1.76 bits per heavy atom. The van der Waals surface area contributed by atoms with Gasteiger partial charge in [-0.25, -0.2) is 14.5 Å². The van der Waals surface area contributed by atoms with E-state index < -0.39 is 0 Å². The molecule has 0 unspecified atom stereocenters. The topological polar surface area (TPSA) is 90.6 Å². The Morgan fingerprint density at radius 1 is 1.00 bits per heavy atom. The number of fused-ring (bicyclic) bond motifs is 1. The SMILES string of the molecule is COc1ccc2nc(C)c(C(=O)Nc3ccc(Oc4ccc(C)cc4)nc3)n2n1. The Balaban J connectivity index is 1.52. The molecule has 0 aliphatic rings. The van der Waals surface area contributed by atoms with Gasteiger partial charge in [0.15, 0.2) is 11.3 Å². The highest BCUT2D eigenvalue weighted by atomic mass is 16.5. The van der Waals surface area contributed by atoms with E-state index in [2.05, 4.69) is 20.4 Å². The number of rotatable bonds is 5. The van der Waals surface area contributed by atoms with Gasteiger partial charge in [0.25, 0.3) is 5.91 Å². The molecular formula is C21H19N5O3. The van der Waals surface area contributed by atoms with Gasteiger partial charge in [-0.2, -0.15) is 0 Å². The Kier molecular flexibility index (Phi) is 4.82. The number of carbonyl (C=O) groups excluding carboxylic acids is 1. The van der Waals surface area contributed by atoms with E-state index in [4.69, 9.17) is 9.47 Å². The summed E-state index contributed by atoms with van der Waals surface area (Å²) in [6.07, 6.45) is 1.54. The van der Waals surface area contributed by atoms with Crippen LogP contribution in [0.3, 0.4) is 0 Å². The molecule has 4 rings (SSSR count). The van der Waals surface area contributed by atoms with Crippen LogP contribution in [0.2, 0.25) is 0 Å². The van der Waals surface area contributed by atoms with Crippen LogP contribution in [0.25, 0.3) is 5.65 Å². The predicted molar refractivity (Wildman–Crippen MR) is 108 cm³/mol. The lowest BCUT2D eigenvalue weighted by Crippen LogP contribution is -2.16. The van der Waals surface area contributed by atoms with Crippen molar-refractivity contribution in [1.82, 2.24) is 19.6 Å². The van der Waals surface area contributed by atoms with E-state index in [1.807, 2.05) is 31.2 Å². The van der Waals surface area contributed by atoms with E-state index in [0.717, 1.165) is 5.56 Å². The van der Waals surface area contributed by atoms with Gasteiger partial charge in [-0.15, -0.1) is 5.10 Å². The average molecular weight is 389 g/mol. The number of hydrogen-bond acceptors (Lipinski definition) is 6. The zero-order valence-corrected chi connectivity index (χ0v) is 16.2. The minimum atomic E-state index is -0.343. The normalized spacial score (nSPS) is 10.7. The molecule has 0 atom stereocenters. The molecule has 3 heterocycles. The van der Waals surface area contributed by atoms with E-state index in [1.165, 1.54) is 17.8 Å². The summed E-state index contributed by atoms with van der Waals surface area (Å²) in [5, 5.41) is 7.09. The molecule has 146 valence electrons. The number of benzene rings is 1. The highest BCUT2D eigenvalue weighted by molar-refractivity contribution is 6.04. The van der Waals surface area contributed by atoms with Crippen molar-refractivity contribution in [2.75, 3.05) is 12.4 Å². The number of nitrogens with zero attached hydrogens (tertiary/aromatic N) is 4. The predicted octanol–water partition coefficient (Wildman–Crippen LogP) is 3.79. The maximum Gasteiger partial charge on any atom is 0.276 e. The Bertz CT molecular complexity index is 1170. The maximum atomic E-state index is 12.8. The number of anilines is 1. The fourth-order valence-corrected chi connectivity index (χ4v) is 2.83. The summed E-state index contributed by atoms with van der Waals surface area (Å²) in [6.45, 7) is 3.77. The van der Waals surface area contributed by atoms with Crippen molar-refractivity contribution in [3.05, 3.63) is 71.7 Å². The van der Waals surface area contributed by atoms with E-state index >= 15 is 0 Å². The molecule has 0 radical (unpaired) electrons. The van der Waals surface area contributed by atoms with Crippen molar-refractivity contribution >= 4 is 17.2 Å².